The van der Waals surface area contributed by atoms with Crippen LogP contribution in [0, 0.1) is 5.41 Å². The molecule has 0 aliphatic heterocycles. The van der Waals surface area contributed by atoms with E-state index in [9.17, 15) is 19.2 Å². The van der Waals surface area contributed by atoms with Gasteiger partial charge in [-0.3, -0.25) is 14.4 Å². The Morgan fingerprint density at radius 1 is 0.806 bits per heavy atom. The molecule has 36 heavy (non-hydrogen) atoms. The molecule has 0 aromatic rings. The van der Waals surface area contributed by atoms with Crippen molar-refractivity contribution >= 4 is 47.4 Å². The highest BCUT2D eigenvalue weighted by molar-refractivity contribution is 8.03. The minimum Gasteiger partial charge on any atom is -0.481 e. The predicted octanol–water partition coefficient (Wildman–Crippen LogP) is 3.49. The molecular formula is C24H42O10S2. The Hall–Kier alpha value is -1.50. The summed E-state index contributed by atoms with van der Waals surface area (Å²) in [5.74, 6) is -1.85. The molecule has 0 saturated heterocycles. The highest BCUT2D eigenvalue weighted by Crippen LogP contribution is 2.25. The molecule has 210 valence electrons. The van der Waals surface area contributed by atoms with E-state index in [0.717, 1.165) is 0 Å². The van der Waals surface area contributed by atoms with Crippen molar-refractivity contribution in [2.45, 2.75) is 84.4 Å². The average molecular weight is 555 g/mol. The van der Waals surface area contributed by atoms with E-state index in [1.807, 2.05) is 13.8 Å². The zero-order chi connectivity index (χ0) is 27.9. The lowest BCUT2D eigenvalue weighted by atomic mass is 9.93. The number of hydrogen-bond donors (Lipinski definition) is 2. The molecular weight excluding hydrogens is 512 g/mol. The number of ether oxygens (including phenoxy) is 4. The van der Waals surface area contributed by atoms with Crippen molar-refractivity contribution in [3.63, 3.8) is 0 Å². The molecule has 0 aliphatic carbocycles. The zero-order valence-corrected chi connectivity index (χ0v) is 24.0. The molecule has 12 heteroatoms. The highest BCUT2D eigenvalue weighted by atomic mass is 32.2. The summed E-state index contributed by atoms with van der Waals surface area (Å²) in [7, 11) is 0. The standard InChI is InChI=1S/C24H42O10S2/c1-16(2)32-14-24(7,15-33-21(29)23(5,6)34-17(3)4)22(30)31-12-18(36-11-9-20(27)28)13-35-10-8-19(25)26/h16-18H,8-15H2,1-7H3,(H,25,26)(H,27,28). The molecule has 2 unspecified atom stereocenters. The van der Waals surface area contributed by atoms with Crippen LogP contribution in [0.5, 0.6) is 0 Å². The van der Waals surface area contributed by atoms with Crippen molar-refractivity contribution in [1.29, 1.82) is 0 Å². The Kier molecular flexibility index (Phi) is 16.4. The van der Waals surface area contributed by atoms with E-state index in [1.165, 1.54) is 23.5 Å². The fraction of sp³-hybridized carbons (Fsp3) is 0.833. The number of carbonyl (C=O) groups excluding carboxylic acids is 2. The van der Waals surface area contributed by atoms with Crippen LogP contribution in [0.25, 0.3) is 0 Å². The minimum absolute atomic E-state index is 0.00361. The van der Waals surface area contributed by atoms with E-state index in [4.69, 9.17) is 29.2 Å². The smallest absolute Gasteiger partial charge is 0.337 e. The van der Waals surface area contributed by atoms with Gasteiger partial charge < -0.3 is 29.2 Å². The number of carboxylic acids is 2. The topological polar surface area (TPSA) is 146 Å². The van der Waals surface area contributed by atoms with Gasteiger partial charge in [-0.25, -0.2) is 4.79 Å². The fourth-order valence-corrected chi connectivity index (χ4v) is 5.03. The van der Waals surface area contributed by atoms with Crippen LogP contribution in [0.3, 0.4) is 0 Å². The lowest BCUT2D eigenvalue weighted by Gasteiger charge is -2.31. The average Bonchev–Trinajstić information content (AvgIpc) is 2.75. The third-order valence-corrected chi connectivity index (χ3v) is 7.16. The van der Waals surface area contributed by atoms with Gasteiger partial charge >= 0.3 is 23.9 Å². The van der Waals surface area contributed by atoms with Gasteiger partial charge in [0.05, 0.1) is 31.7 Å². The number of carbonyl (C=O) groups is 4. The normalized spacial score (nSPS) is 14.4. The van der Waals surface area contributed by atoms with Gasteiger partial charge in [0.2, 0.25) is 0 Å². The van der Waals surface area contributed by atoms with E-state index in [-0.39, 0.29) is 50.1 Å². The molecule has 0 spiro atoms. The Balaban J connectivity index is 5.24. The molecule has 0 aromatic heterocycles. The largest absolute Gasteiger partial charge is 0.481 e. The van der Waals surface area contributed by atoms with E-state index in [2.05, 4.69) is 0 Å². The molecule has 0 heterocycles. The molecule has 2 N–H and O–H groups in total. The number of aliphatic carboxylic acids is 2. The summed E-state index contributed by atoms with van der Waals surface area (Å²) in [5, 5.41) is 17.5. The first kappa shape index (κ1) is 34.5. The fourth-order valence-electron chi connectivity index (χ4n) is 2.72. The third-order valence-electron chi connectivity index (χ3n) is 4.61. The van der Waals surface area contributed by atoms with Crippen molar-refractivity contribution < 1.29 is 48.3 Å². The van der Waals surface area contributed by atoms with Crippen molar-refractivity contribution in [2.75, 3.05) is 37.1 Å². The Bertz CT molecular complexity index is 711. The van der Waals surface area contributed by atoms with Gasteiger partial charge in [-0.1, -0.05) is 0 Å². The van der Waals surface area contributed by atoms with E-state index < -0.39 is 34.9 Å². The third kappa shape index (κ3) is 15.6. The molecule has 10 nitrogen and oxygen atoms in total. The van der Waals surface area contributed by atoms with Crippen LogP contribution in [0.4, 0.5) is 0 Å². The second-order valence-electron chi connectivity index (χ2n) is 9.63. The number of carboxylic acid groups (broad SMARTS) is 2. The van der Waals surface area contributed by atoms with Crippen molar-refractivity contribution in [3.8, 4) is 0 Å². The lowest BCUT2D eigenvalue weighted by molar-refractivity contribution is -0.182. The van der Waals surface area contributed by atoms with Crippen molar-refractivity contribution in [2.24, 2.45) is 5.41 Å². The molecule has 0 radical (unpaired) electrons. The van der Waals surface area contributed by atoms with Crippen LogP contribution in [-0.4, -0.2) is 94.2 Å². The van der Waals surface area contributed by atoms with Crippen LogP contribution >= 0.6 is 23.5 Å². The molecule has 0 saturated carbocycles. The Morgan fingerprint density at radius 3 is 1.92 bits per heavy atom. The van der Waals surface area contributed by atoms with Gasteiger partial charge in [0.15, 0.2) is 5.60 Å². The van der Waals surface area contributed by atoms with E-state index in [0.29, 0.717) is 17.3 Å². The SMILES string of the molecule is CC(C)OCC(C)(COC(=O)C(C)(C)OC(C)C)C(=O)OCC(CSCCC(=O)O)SCCC(=O)O. The second-order valence-corrected chi connectivity index (χ2v) is 12.2. The van der Waals surface area contributed by atoms with Gasteiger partial charge in [0.1, 0.15) is 18.6 Å². The van der Waals surface area contributed by atoms with Gasteiger partial charge in [-0.2, -0.15) is 23.5 Å². The number of hydrogen-bond acceptors (Lipinski definition) is 10. The summed E-state index contributed by atoms with van der Waals surface area (Å²) < 4.78 is 22.3. The Morgan fingerprint density at radius 2 is 1.39 bits per heavy atom. The number of rotatable bonds is 20. The van der Waals surface area contributed by atoms with Crippen molar-refractivity contribution in [3.05, 3.63) is 0 Å². The maximum Gasteiger partial charge on any atom is 0.337 e. The minimum atomic E-state index is -1.28. The monoisotopic (exact) mass is 554 g/mol. The summed E-state index contributed by atoms with van der Waals surface area (Å²) in [5.41, 5.74) is -2.47. The molecule has 0 rings (SSSR count). The lowest BCUT2D eigenvalue weighted by Crippen LogP contribution is -2.45. The molecule has 0 fully saturated rings. The maximum atomic E-state index is 13.1. The first-order chi connectivity index (χ1) is 16.6. The van der Waals surface area contributed by atoms with Crippen LogP contribution in [0.2, 0.25) is 0 Å². The highest BCUT2D eigenvalue weighted by Gasteiger charge is 2.40. The number of thioether (sulfide) groups is 2. The summed E-state index contributed by atoms with van der Waals surface area (Å²) >= 11 is 2.74. The molecule has 0 aromatic carbocycles. The second kappa shape index (κ2) is 17.1. The maximum absolute atomic E-state index is 13.1. The molecule has 2 atom stereocenters. The van der Waals surface area contributed by atoms with Crippen LogP contribution in [-0.2, 0) is 38.1 Å². The predicted molar refractivity (Wildman–Crippen MR) is 139 cm³/mol. The summed E-state index contributed by atoms with van der Waals surface area (Å²) in [6.07, 6.45) is -0.404. The summed E-state index contributed by atoms with van der Waals surface area (Å²) in [6.45, 7) is 11.7. The van der Waals surface area contributed by atoms with Gasteiger partial charge in [0.25, 0.3) is 0 Å². The zero-order valence-electron chi connectivity index (χ0n) is 22.4. The molecule has 0 amide bonds. The van der Waals surface area contributed by atoms with E-state index in [1.54, 1.807) is 34.6 Å². The summed E-state index contributed by atoms with van der Waals surface area (Å²) in [6, 6.07) is 0. The molecule has 0 aliphatic rings. The first-order valence-electron chi connectivity index (χ1n) is 11.9. The Labute approximate surface area is 222 Å². The van der Waals surface area contributed by atoms with Crippen LogP contribution in [0.1, 0.15) is 61.3 Å². The summed E-state index contributed by atoms with van der Waals surface area (Å²) in [4.78, 5) is 47.3. The van der Waals surface area contributed by atoms with Crippen LogP contribution in [0.15, 0.2) is 0 Å². The first-order valence-corrected chi connectivity index (χ1v) is 14.1. The quantitative estimate of drug-likeness (QED) is 0.168. The van der Waals surface area contributed by atoms with Gasteiger partial charge in [-0.15, -0.1) is 0 Å². The van der Waals surface area contributed by atoms with E-state index >= 15 is 0 Å². The number of esters is 2. The molecule has 0 bridgehead atoms. The van der Waals surface area contributed by atoms with Gasteiger partial charge in [-0.05, 0) is 48.5 Å². The van der Waals surface area contributed by atoms with Crippen LogP contribution < -0.4 is 0 Å². The van der Waals surface area contributed by atoms with Crippen molar-refractivity contribution in [1.82, 2.24) is 0 Å². The van der Waals surface area contributed by atoms with Gasteiger partial charge in [0, 0.05) is 22.5 Å².